The van der Waals surface area contributed by atoms with Gasteiger partial charge in [-0.05, 0) is 63.6 Å². The summed E-state index contributed by atoms with van der Waals surface area (Å²) in [6, 6.07) is 0. The summed E-state index contributed by atoms with van der Waals surface area (Å²) in [5, 5.41) is 10.3. The molecule has 1 unspecified atom stereocenters. The highest BCUT2D eigenvalue weighted by atomic mass is 16.6. The molecule has 4 heteroatoms. The first kappa shape index (κ1) is 19.6. The van der Waals surface area contributed by atoms with Crippen molar-refractivity contribution in [2.24, 2.45) is 5.92 Å². The number of benzene rings is 1. The molecule has 1 N–H and O–H groups in total. The molecule has 2 aliphatic rings. The van der Waals surface area contributed by atoms with Crippen LogP contribution >= 0.6 is 0 Å². The van der Waals surface area contributed by atoms with Crippen molar-refractivity contribution in [1.29, 1.82) is 0 Å². The molecule has 0 spiro atoms. The van der Waals surface area contributed by atoms with E-state index in [1.54, 1.807) is 6.92 Å². The van der Waals surface area contributed by atoms with Crippen molar-refractivity contribution in [1.82, 2.24) is 0 Å². The van der Waals surface area contributed by atoms with Crippen LogP contribution in [0.4, 0.5) is 0 Å². The zero-order chi connectivity index (χ0) is 19.6. The molecule has 1 aromatic rings. The molecular weight excluding hydrogens is 340 g/mol. The van der Waals surface area contributed by atoms with Gasteiger partial charge in [-0.2, -0.15) is 0 Å². The van der Waals surface area contributed by atoms with E-state index in [9.17, 15) is 9.90 Å². The van der Waals surface area contributed by atoms with Crippen molar-refractivity contribution in [3.63, 3.8) is 0 Å². The number of carbonyl (C=O) groups excluding carboxylic acids is 1. The van der Waals surface area contributed by atoms with Gasteiger partial charge in [-0.15, -0.1) is 0 Å². The van der Waals surface area contributed by atoms with E-state index in [1.165, 1.54) is 19.3 Å². The lowest BCUT2D eigenvalue weighted by Gasteiger charge is -2.35. The molecule has 1 aliphatic carbocycles. The summed E-state index contributed by atoms with van der Waals surface area (Å²) in [5.74, 6) is 7.37. The third kappa shape index (κ3) is 3.93. The van der Waals surface area contributed by atoms with E-state index in [1.807, 2.05) is 20.8 Å². The normalized spacial score (nSPS) is 22.2. The highest BCUT2D eigenvalue weighted by molar-refractivity contribution is 5.80. The lowest BCUT2D eigenvalue weighted by molar-refractivity contribution is -0.160. The van der Waals surface area contributed by atoms with Gasteiger partial charge in [0.1, 0.15) is 11.5 Å². The van der Waals surface area contributed by atoms with E-state index in [2.05, 4.69) is 11.8 Å². The number of carbonyl (C=O) groups is 1. The number of rotatable bonds is 2. The molecule has 4 nitrogen and oxygen atoms in total. The van der Waals surface area contributed by atoms with Gasteiger partial charge in [0.25, 0.3) is 0 Å². The Bertz CT molecular complexity index is 793. The summed E-state index contributed by atoms with van der Waals surface area (Å²) in [6.07, 6.45) is 7.32. The molecule has 0 aromatic heterocycles. The van der Waals surface area contributed by atoms with Crippen LogP contribution in [0.25, 0.3) is 0 Å². The minimum atomic E-state index is -1.01. The SMILES string of the molecule is Cc1c(C)c2c(c(C)c1O)CCC(C)(C(=O)OCC#CC1CCCCC1)O2. The minimum Gasteiger partial charge on any atom is -0.507 e. The highest BCUT2D eigenvalue weighted by Crippen LogP contribution is 2.43. The third-order valence-corrected chi connectivity index (χ3v) is 6.14. The maximum absolute atomic E-state index is 12.7. The molecule has 0 radical (unpaired) electrons. The first-order valence-corrected chi connectivity index (χ1v) is 9.99. The van der Waals surface area contributed by atoms with Crippen molar-refractivity contribution in [2.75, 3.05) is 6.61 Å². The van der Waals surface area contributed by atoms with Crippen molar-refractivity contribution in [3.05, 3.63) is 22.3 Å². The lowest BCUT2D eigenvalue weighted by atomic mass is 9.87. The first-order valence-electron chi connectivity index (χ1n) is 9.99. The number of aromatic hydroxyl groups is 1. The van der Waals surface area contributed by atoms with Gasteiger partial charge < -0.3 is 14.6 Å². The molecule has 1 aromatic carbocycles. The number of esters is 1. The number of ether oxygens (including phenoxy) is 2. The molecule has 0 amide bonds. The summed E-state index contributed by atoms with van der Waals surface area (Å²) >= 11 is 0. The fourth-order valence-corrected chi connectivity index (χ4v) is 4.08. The Morgan fingerprint density at radius 1 is 1.19 bits per heavy atom. The maximum atomic E-state index is 12.7. The van der Waals surface area contributed by atoms with Crippen LogP contribution in [0.2, 0.25) is 0 Å². The molecule has 3 rings (SSSR count). The van der Waals surface area contributed by atoms with Gasteiger partial charge in [0.15, 0.2) is 6.61 Å². The van der Waals surface area contributed by atoms with Crippen LogP contribution in [0.5, 0.6) is 11.5 Å². The van der Waals surface area contributed by atoms with E-state index < -0.39 is 5.60 Å². The van der Waals surface area contributed by atoms with Crippen molar-refractivity contribution < 1.29 is 19.4 Å². The minimum absolute atomic E-state index is 0.119. The Balaban J connectivity index is 1.67. The van der Waals surface area contributed by atoms with Gasteiger partial charge >= 0.3 is 5.97 Å². The second kappa shape index (κ2) is 7.84. The van der Waals surface area contributed by atoms with Gasteiger partial charge in [-0.3, -0.25) is 0 Å². The lowest BCUT2D eigenvalue weighted by Crippen LogP contribution is -2.46. The fourth-order valence-electron chi connectivity index (χ4n) is 4.08. The average Bonchev–Trinajstić information content (AvgIpc) is 2.68. The zero-order valence-corrected chi connectivity index (χ0v) is 16.9. The molecule has 146 valence electrons. The Morgan fingerprint density at radius 2 is 1.89 bits per heavy atom. The quantitative estimate of drug-likeness (QED) is 0.614. The highest BCUT2D eigenvalue weighted by Gasteiger charge is 2.42. The van der Waals surface area contributed by atoms with E-state index in [4.69, 9.17) is 9.47 Å². The number of phenolic OH excluding ortho intramolecular Hbond substituents is 1. The zero-order valence-electron chi connectivity index (χ0n) is 16.9. The van der Waals surface area contributed by atoms with E-state index in [-0.39, 0.29) is 12.6 Å². The summed E-state index contributed by atoms with van der Waals surface area (Å²) in [4.78, 5) is 12.7. The average molecular weight is 370 g/mol. The maximum Gasteiger partial charge on any atom is 0.351 e. The van der Waals surface area contributed by atoms with Crippen LogP contribution in [0, 0.1) is 38.5 Å². The van der Waals surface area contributed by atoms with Gasteiger partial charge in [-0.1, -0.05) is 31.1 Å². The summed E-state index contributed by atoms with van der Waals surface area (Å²) in [5.41, 5.74) is 2.48. The molecule has 0 bridgehead atoms. The van der Waals surface area contributed by atoms with Gasteiger partial charge in [-0.25, -0.2) is 4.79 Å². The topological polar surface area (TPSA) is 55.8 Å². The van der Waals surface area contributed by atoms with Crippen molar-refractivity contribution in [2.45, 2.75) is 78.2 Å². The molecule has 27 heavy (non-hydrogen) atoms. The second-order valence-electron chi connectivity index (χ2n) is 8.10. The predicted octanol–water partition coefficient (Wildman–Crippen LogP) is 4.53. The standard InChI is InChI=1S/C23H30O4/c1-15-16(2)21-19(17(3)20(15)24)12-13-23(4,27-21)22(25)26-14-8-11-18-9-6-5-7-10-18/h18,24H,5-7,9-10,12-14H2,1-4H3. The van der Waals surface area contributed by atoms with Gasteiger partial charge in [0.2, 0.25) is 5.60 Å². The monoisotopic (exact) mass is 370 g/mol. The Hall–Kier alpha value is -2.15. The van der Waals surface area contributed by atoms with Crippen molar-refractivity contribution in [3.8, 4) is 23.3 Å². The van der Waals surface area contributed by atoms with Crippen LogP contribution < -0.4 is 4.74 Å². The van der Waals surface area contributed by atoms with Crippen molar-refractivity contribution >= 4 is 5.97 Å². The first-order chi connectivity index (χ1) is 12.8. The molecule has 1 aliphatic heterocycles. The second-order valence-corrected chi connectivity index (χ2v) is 8.10. The summed E-state index contributed by atoms with van der Waals surface area (Å²) in [7, 11) is 0. The number of hydrogen-bond donors (Lipinski definition) is 1. The number of hydrogen-bond acceptors (Lipinski definition) is 4. The van der Waals surface area contributed by atoms with E-state index >= 15 is 0 Å². The predicted molar refractivity (Wildman–Crippen MR) is 105 cm³/mol. The molecule has 0 saturated heterocycles. The molecule has 1 heterocycles. The van der Waals surface area contributed by atoms with Crippen LogP contribution in [0.1, 0.15) is 67.7 Å². The smallest absolute Gasteiger partial charge is 0.351 e. The third-order valence-electron chi connectivity index (χ3n) is 6.14. The molecular formula is C23H30O4. The fraction of sp³-hybridized carbons (Fsp3) is 0.609. The number of fused-ring (bicyclic) bond motifs is 1. The summed E-state index contributed by atoms with van der Waals surface area (Å²) < 4.78 is 11.6. The van der Waals surface area contributed by atoms with Gasteiger partial charge in [0.05, 0.1) is 0 Å². The number of phenols is 1. The van der Waals surface area contributed by atoms with Crippen LogP contribution in [0.15, 0.2) is 0 Å². The van der Waals surface area contributed by atoms with E-state index in [0.29, 0.717) is 30.3 Å². The largest absolute Gasteiger partial charge is 0.507 e. The Labute approximate surface area is 162 Å². The van der Waals surface area contributed by atoms with Crippen LogP contribution in [-0.2, 0) is 16.0 Å². The molecule has 1 fully saturated rings. The van der Waals surface area contributed by atoms with Crippen LogP contribution in [-0.4, -0.2) is 23.3 Å². The summed E-state index contributed by atoms with van der Waals surface area (Å²) in [6.45, 7) is 7.58. The van der Waals surface area contributed by atoms with Crippen LogP contribution in [0.3, 0.4) is 0 Å². The Morgan fingerprint density at radius 3 is 2.59 bits per heavy atom. The molecule has 1 atom stereocenters. The molecule has 1 saturated carbocycles. The van der Waals surface area contributed by atoms with Gasteiger partial charge in [0, 0.05) is 17.9 Å². The Kier molecular flexibility index (Phi) is 5.69. The van der Waals surface area contributed by atoms with E-state index in [0.717, 1.165) is 35.1 Å².